The van der Waals surface area contributed by atoms with E-state index in [1.165, 1.54) is 35.8 Å². The third-order valence-corrected chi connectivity index (χ3v) is 6.10. The highest BCUT2D eigenvalue weighted by Crippen LogP contribution is 2.33. The number of aryl methyl sites for hydroxylation is 2. The van der Waals surface area contributed by atoms with Crippen LogP contribution in [0.4, 0.5) is 0 Å². The molecule has 0 radical (unpaired) electrons. The van der Waals surface area contributed by atoms with E-state index in [-0.39, 0.29) is 0 Å². The summed E-state index contributed by atoms with van der Waals surface area (Å²) in [5, 5.41) is 3.41. The van der Waals surface area contributed by atoms with E-state index in [0.29, 0.717) is 10.8 Å². The summed E-state index contributed by atoms with van der Waals surface area (Å²) in [6, 6.07) is 12.2. The highest BCUT2D eigenvalue weighted by Gasteiger charge is 2.17. The predicted octanol–water partition coefficient (Wildman–Crippen LogP) is 3.84. The monoisotopic (exact) mass is 343 g/mol. The second-order valence-electron chi connectivity index (χ2n) is 6.85. The predicted molar refractivity (Wildman–Crippen MR) is 99.3 cm³/mol. The highest BCUT2D eigenvalue weighted by molar-refractivity contribution is 7.90. The van der Waals surface area contributed by atoms with Crippen LogP contribution in [0, 0.1) is 13.8 Å². The van der Waals surface area contributed by atoms with Gasteiger partial charge in [0.2, 0.25) is 0 Å². The van der Waals surface area contributed by atoms with Gasteiger partial charge < -0.3 is 5.32 Å². The summed E-state index contributed by atoms with van der Waals surface area (Å²) >= 11 is 0. The summed E-state index contributed by atoms with van der Waals surface area (Å²) < 4.78 is 23.5. The number of hydrogen-bond donors (Lipinski definition) is 1. The average molecular weight is 343 g/mol. The molecule has 0 aliphatic carbocycles. The third-order valence-electron chi connectivity index (χ3n) is 4.99. The summed E-state index contributed by atoms with van der Waals surface area (Å²) in [6.07, 6.45) is 3.60. The van der Waals surface area contributed by atoms with Crippen molar-refractivity contribution in [1.29, 1.82) is 0 Å². The van der Waals surface area contributed by atoms with Crippen molar-refractivity contribution in [1.82, 2.24) is 5.32 Å². The lowest BCUT2D eigenvalue weighted by molar-refractivity contribution is 0.460. The lowest BCUT2D eigenvalue weighted by Crippen LogP contribution is -2.26. The maximum absolute atomic E-state index is 11.8. The van der Waals surface area contributed by atoms with Crippen LogP contribution in [0.5, 0.6) is 0 Å². The molecule has 0 spiro atoms. The quantitative estimate of drug-likeness (QED) is 0.921. The van der Waals surface area contributed by atoms with E-state index >= 15 is 0 Å². The van der Waals surface area contributed by atoms with E-state index in [9.17, 15) is 8.42 Å². The molecule has 4 heteroatoms. The van der Waals surface area contributed by atoms with Gasteiger partial charge in [-0.3, -0.25) is 0 Å². The minimum Gasteiger partial charge on any atom is -0.317 e. The Morgan fingerprint density at radius 1 is 0.917 bits per heavy atom. The first-order chi connectivity index (χ1) is 11.4. The number of benzene rings is 2. The van der Waals surface area contributed by atoms with Gasteiger partial charge in [0.1, 0.15) is 0 Å². The first-order valence-electron chi connectivity index (χ1n) is 8.48. The van der Waals surface area contributed by atoms with Gasteiger partial charge in [-0.25, -0.2) is 8.42 Å². The molecule has 3 nitrogen and oxygen atoms in total. The lowest BCUT2D eigenvalue weighted by atomic mass is 9.86. The molecule has 0 bridgehead atoms. The maximum atomic E-state index is 11.8. The Morgan fingerprint density at radius 3 is 2.25 bits per heavy atom. The molecule has 1 aliphatic heterocycles. The van der Waals surface area contributed by atoms with Gasteiger partial charge in [0.15, 0.2) is 9.84 Å². The SMILES string of the molecule is Cc1cc(S(C)(=O)=O)ccc1-c1cc(C2CCNCC2)ccc1C. The topological polar surface area (TPSA) is 46.2 Å². The van der Waals surface area contributed by atoms with Crippen molar-refractivity contribution in [2.24, 2.45) is 0 Å². The largest absolute Gasteiger partial charge is 0.317 e. The summed E-state index contributed by atoms with van der Waals surface area (Å²) in [5.41, 5.74) is 5.95. The molecule has 1 N–H and O–H groups in total. The Bertz CT molecular complexity index is 850. The molecule has 0 saturated carbocycles. The number of nitrogens with one attached hydrogen (secondary N) is 1. The van der Waals surface area contributed by atoms with Gasteiger partial charge >= 0.3 is 0 Å². The molecular formula is C20H25NO2S. The third kappa shape index (κ3) is 3.55. The Kier molecular flexibility index (Phi) is 4.79. The fourth-order valence-corrected chi connectivity index (χ4v) is 4.21. The zero-order valence-electron chi connectivity index (χ0n) is 14.6. The molecule has 1 aliphatic rings. The van der Waals surface area contributed by atoms with Gasteiger partial charge in [0.05, 0.1) is 4.90 Å². The van der Waals surface area contributed by atoms with Crippen molar-refractivity contribution in [3.8, 4) is 11.1 Å². The Hall–Kier alpha value is -1.65. The van der Waals surface area contributed by atoms with Crippen LogP contribution in [0.25, 0.3) is 11.1 Å². The van der Waals surface area contributed by atoms with Crippen molar-refractivity contribution in [3.63, 3.8) is 0 Å². The van der Waals surface area contributed by atoms with E-state index in [1.54, 1.807) is 12.1 Å². The second-order valence-corrected chi connectivity index (χ2v) is 8.86. The minimum atomic E-state index is -3.17. The molecule has 0 amide bonds. The van der Waals surface area contributed by atoms with Gasteiger partial charge in [-0.05, 0) is 85.6 Å². The molecule has 2 aromatic rings. The van der Waals surface area contributed by atoms with Crippen LogP contribution in [0.2, 0.25) is 0 Å². The van der Waals surface area contributed by atoms with Gasteiger partial charge in [0.25, 0.3) is 0 Å². The van der Waals surface area contributed by atoms with E-state index in [1.807, 2.05) is 13.0 Å². The van der Waals surface area contributed by atoms with Gasteiger partial charge in [0, 0.05) is 6.26 Å². The summed E-state index contributed by atoms with van der Waals surface area (Å²) in [4.78, 5) is 0.385. The van der Waals surface area contributed by atoms with Crippen LogP contribution in [0.15, 0.2) is 41.3 Å². The van der Waals surface area contributed by atoms with Crippen LogP contribution < -0.4 is 5.32 Å². The average Bonchev–Trinajstić information content (AvgIpc) is 2.55. The van der Waals surface area contributed by atoms with Crippen molar-refractivity contribution in [3.05, 3.63) is 53.1 Å². The molecule has 0 aromatic heterocycles. The minimum absolute atomic E-state index is 0.385. The summed E-state index contributed by atoms with van der Waals surface area (Å²) in [5.74, 6) is 0.612. The molecule has 1 fully saturated rings. The molecular weight excluding hydrogens is 318 g/mol. The Morgan fingerprint density at radius 2 is 1.62 bits per heavy atom. The van der Waals surface area contributed by atoms with Crippen LogP contribution >= 0.6 is 0 Å². The van der Waals surface area contributed by atoms with Crippen molar-refractivity contribution in [2.75, 3.05) is 19.3 Å². The van der Waals surface area contributed by atoms with Crippen LogP contribution in [0.1, 0.15) is 35.4 Å². The first kappa shape index (κ1) is 17.2. The molecule has 2 aromatic carbocycles. The highest BCUT2D eigenvalue weighted by atomic mass is 32.2. The summed E-state index contributed by atoms with van der Waals surface area (Å²) in [6.45, 7) is 6.26. The van der Waals surface area contributed by atoms with Gasteiger partial charge in [-0.15, -0.1) is 0 Å². The van der Waals surface area contributed by atoms with E-state index in [4.69, 9.17) is 0 Å². The lowest BCUT2D eigenvalue weighted by Gasteiger charge is -2.24. The number of rotatable bonds is 3. The molecule has 0 unspecified atom stereocenters. The molecule has 24 heavy (non-hydrogen) atoms. The van der Waals surface area contributed by atoms with E-state index in [2.05, 4.69) is 30.4 Å². The zero-order chi connectivity index (χ0) is 17.3. The van der Waals surface area contributed by atoms with Crippen molar-refractivity contribution in [2.45, 2.75) is 37.5 Å². The molecule has 3 rings (SSSR count). The molecule has 1 heterocycles. The molecule has 0 atom stereocenters. The normalized spacial score (nSPS) is 16.3. The van der Waals surface area contributed by atoms with Crippen molar-refractivity contribution >= 4 is 9.84 Å². The van der Waals surface area contributed by atoms with Crippen molar-refractivity contribution < 1.29 is 8.42 Å². The maximum Gasteiger partial charge on any atom is 0.175 e. The molecule has 1 saturated heterocycles. The van der Waals surface area contributed by atoms with E-state index in [0.717, 1.165) is 24.2 Å². The molecule has 128 valence electrons. The Balaban J connectivity index is 2.02. The van der Waals surface area contributed by atoms with Gasteiger partial charge in [-0.1, -0.05) is 24.3 Å². The number of piperidine rings is 1. The van der Waals surface area contributed by atoms with Gasteiger partial charge in [-0.2, -0.15) is 0 Å². The smallest absolute Gasteiger partial charge is 0.175 e. The standard InChI is InChI=1S/C20H25NO2S/c1-14-4-5-17(16-8-10-21-11-9-16)13-20(14)19-7-6-18(12-15(19)2)24(3,22)23/h4-7,12-13,16,21H,8-11H2,1-3H3. The number of hydrogen-bond acceptors (Lipinski definition) is 3. The van der Waals surface area contributed by atoms with E-state index < -0.39 is 9.84 Å². The second kappa shape index (κ2) is 6.69. The van der Waals surface area contributed by atoms with Crippen LogP contribution in [-0.2, 0) is 9.84 Å². The zero-order valence-corrected chi connectivity index (χ0v) is 15.4. The summed E-state index contributed by atoms with van der Waals surface area (Å²) in [7, 11) is -3.17. The fourth-order valence-electron chi connectivity index (χ4n) is 3.51. The van der Waals surface area contributed by atoms with Crippen LogP contribution in [-0.4, -0.2) is 27.8 Å². The number of sulfone groups is 1. The Labute approximate surface area is 145 Å². The first-order valence-corrected chi connectivity index (χ1v) is 10.4. The van der Waals surface area contributed by atoms with Crippen LogP contribution in [0.3, 0.4) is 0 Å². The fraction of sp³-hybridized carbons (Fsp3) is 0.400.